The van der Waals surface area contributed by atoms with Gasteiger partial charge in [0.25, 0.3) is 0 Å². The van der Waals surface area contributed by atoms with Crippen LogP contribution in [0.25, 0.3) is 10.2 Å². The fraction of sp³-hybridized carbons (Fsp3) is 0.529. The van der Waals surface area contributed by atoms with Crippen molar-refractivity contribution in [3.8, 4) is 0 Å². The number of urea groups is 1. The number of carbonyl (C=O) groups excluding carboxylic acids is 1. The first kappa shape index (κ1) is 16.1. The lowest BCUT2D eigenvalue weighted by Gasteiger charge is -2.38. The van der Waals surface area contributed by atoms with Gasteiger partial charge in [0.2, 0.25) is 0 Å². The zero-order valence-electron chi connectivity index (χ0n) is 14.2. The van der Waals surface area contributed by atoms with Gasteiger partial charge < -0.3 is 14.7 Å². The Bertz CT molecular complexity index is 712. The molecule has 1 aliphatic heterocycles. The predicted molar refractivity (Wildman–Crippen MR) is 96.4 cm³/mol. The molecule has 2 aromatic rings. The van der Waals surface area contributed by atoms with Crippen LogP contribution in [0, 0.1) is 6.92 Å². The molecule has 1 aliphatic rings. The van der Waals surface area contributed by atoms with Gasteiger partial charge in [-0.25, -0.2) is 9.78 Å². The van der Waals surface area contributed by atoms with Crippen LogP contribution in [0.4, 0.5) is 9.93 Å². The monoisotopic (exact) mass is 332 g/mol. The summed E-state index contributed by atoms with van der Waals surface area (Å²) in [5.41, 5.74) is 2.33. The van der Waals surface area contributed by atoms with Crippen LogP contribution in [-0.2, 0) is 0 Å². The summed E-state index contributed by atoms with van der Waals surface area (Å²) in [6.07, 6.45) is 2.14. The fourth-order valence-electron chi connectivity index (χ4n) is 3.07. The Morgan fingerprint density at radius 2 is 2.13 bits per heavy atom. The third kappa shape index (κ3) is 3.27. The number of nitrogens with zero attached hydrogens (tertiary/aromatic N) is 4. The molecule has 0 spiro atoms. The summed E-state index contributed by atoms with van der Waals surface area (Å²) >= 11 is 1.75. The van der Waals surface area contributed by atoms with Crippen molar-refractivity contribution < 1.29 is 4.79 Å². The summed E-state index contributed by atoms with van der Waals surface area (Å²) in [6, 6.07) is 6.70. The SMILES string of the molecule is Cc1ccc2nc(N3CCCC(N(C)C(=O)N(C)C)C3)sc2c1. The maximum Gasteiger partial charge on any atom is 0.319 e. The van der Waals surface area contributed by atoms with Gasteiger partial charge in [0.05, 0.1) is 16.3 Å². The highest BCUT2D eigenvalue weighted by atomic mass is 32.1. The topological polar surface area (TPSA) is 39.7 Å². The van der Waals surface area contributed by atoms with Gasteiger partial charge in [0.15, 0.2) is 5.13 Å². The van der Waals surface area contributed by atoms with E-state index in [0.29, 0.717) is 0 Å². The smallest absolute Gasteiger partial charge is 0.319 e. The molecule has 2 heterocycles. The second kappa shape index (κ2) is 6.35. The molecular formula is C17H24N4OS. The number of carbonyl (C=O) groups is 1. The molecule has 124 valence electrons. The predicted octanol–water partition coefficient (Wildman–Crippen LogP) is 3.19. The quantitative estimate of drug-likeness (QED) is 0.848. The van der Waals surface area contributed by atoms with Crippen LogP contribution in [0.2, 0.25) is 0 Å². The number of piperidine rings is 1. The molecule has 0 saturated carbocycles. The number of aromatic nitrogens is 1. The fourth-order valence-corrected chi connectivity index (χ4v) is 4.17. The molecule has 1 saturated heterocycles. The normalized spacial score (nSPS) is 18.3. The first-order chi connectivity index (χ1) is 11.0. The van der Waals surface area contributed by atoms with Crippen LogP contribution < -0.4 is 4.90 Å². The summed E-state index contributed by atoms with van der Waals surface area (Å²) in [5, 5.41) is 1.07. The molecule has 5 nitrogen and oxygen atoms in total. The molecule has 1 fully saturated rings. The van der Waals surface area contributed by atoms with E-state index in [0.717, 1.165) is 36.6 Å². The molecule has 6 heteroatoms. The zero-order valence-corrected chi connectivity index (χ0v) is 15.1. The first-order valence-corrected chi connectivity index (χ1v) is 8.83. The first-order valence-electron chi connectivity index (χ1n) is 8.02. The van der Waals surface area contributed by atoms with E-state index in [9.17, 15) is 4.79 Å². The van der Waals surface area contributed by atoms with Crippen molar-refractivity contribution in [3.05, 3.63) is 23.8 Å². The van der Waals surface area contributed by atoms with Crippen LogP contribution in [-0.4, -0.2) is 61.1 Å². The Morgan fingerprint density at radius 1 is 1.35 bits per heavy atom. The summed E-state index contributed by atoms with van der Waals surface area (Å²) < 4.78 is 1.24. The lowest BCUT2D eigenvalue weighted by atomic mass is 10.1. The van der Waals surface area contributed by atoms with Gasteiger partial charge in [-0.05, 0) is 37.5 Å². The Labute approximate surface area is 141 Å². The highest BCUT2D eigenvalue weighted by Gasteiger charge is 2.28. The van der Waals surface area contributed by atoms with Gasteiger partial charge in [-0.1, -0.05) is 17.4 Å². The van der Waals surface area contributed by atoms with Gasteiger partial charge in [-0.15, -0.1) is 0 Å². The molecule has 3 rings (SSSR count). The highest BCUT2D eigenvalue weighted by molar-refractivity contribution is 7.22. The third-order valence-electron chi connectivity index (χ3n) is 4.43. The Balaban J connectivity index is 1.78. The van der Waals surface area contributed by atoms with Crippen LogP contribution >= 0.6 is 11.3 Å². The number of amides is 2. The van der Waals surface area contributed by atoms with E-state index >= 15 is 0 Å². The Kier molecular flexibility index (Phi) is 4.43. The van der Waals surface area contributed by atoms with Crippen molar-refractivity contribution in [2.45, 2.75) is 25.8 Å². The summed E-state index contributed by atoms with van der Waals surface area (Å²) in [7, 11) is 5.50. The van der Waals surface area contributed by atoms with E-state index in [2.05, 4.69) is 30.0 Å². The molecule has 0 N–H and O–H groups in total. The number of likely N-dealkylation sites (N-methyl/N-ethyl adjacent to an activating group) is 1. The number of fused-ring (bicyclic) bond motifs is 1. The van der Waals surface area contributed by atoms with E-state index < -0.39 is 0 Å². The van der Waals surface area contributed by atoms with Gasteiger partial charge in [-0.2, -0.15) is 0 Å². The number of rotatable bonds is 2. The Morgan fingerprint density at radius 3 is 2.87 bits per heavy atom. The van der Waals surface area contributed by atoms with Gasteiger partial charge in [-0.3, -0.25) is 0 Å². The summed E-state index contributed by atoms with van der Waals surface area (Å²) in [6.45, 7) is 3.98. The molecule has 23 heavy (non-hydrogen) atoms. The molecule has 0 bridgehead atoms. The third-order valence-corrected chi connectivity index (χ3v) is 5.51. The molecule has 1 atom stereocenters. The number of benzene rings is 1. The molecule has 0 radical (unpaired) electrons. The van der Waals surface area contributed by atoms with Crippen molar-refractivity contribution in [2.75, 3.05) is 39.1 Å². The van der Waals surface area contributed by atoms with E-state index in [1.165, 1.54) is 10.3 Å². The van der Waals surface area contributed by atoms with Crippen LogP contribution in [0.1, 0.15) is 18.4 Å². The lowest BCUT2D eigenvalue weighted by molar-refractivity contribution is 0.157. The van der Waals surface area contributed by atoms with Gasteiger partial charge in [0.1, 0.15) is 0 Å². The second-order valence-corrected chi connectivity index (χ2v) is 7.51. The number of hydrogen-bond donors (Lipinski definition) is 0. The molecule has 1 aromatic carbocycles. The number of aryl methyl sites for hydroxylation is 1. The van der Waals surface area contributed by atoms with Crippen LogP contribution in [0.15, 0.2) is 18.2 Å². The standard InChI is InChI=1S/C17H24N4OS/c1-12-7-8-14-15(10-12)23-16(18-14)21-9-5-6-13(11-21)20(4)17(22)19(2)3/h7-8,10,13H,5-6,9,11H2,1-4H3. The van der Waals surface area contributed by atoms with Crippen LogP contribution in [0.5, 0.6) is 0 Å². The maximum atomic E-state index is 12.2. The number of anilines is 1. The zero-order chi connectivity index (χ0) is 16.6. The van der Waals surface area contributed by atoms with E-state index in [-0.39, 0.29) is 12.1 Å². The second-order valence-electron chi connectivity index (χ2n) is 6.50. The molecule has 1 unspecified atom stereocenters. The van der Waals surface area contributed by atoms with Gasteiger partial charge in [0, 0.05) is 34.2 Å². The highest BCUT2D eigenvalue weighted by Crippen LogP contribution is 2.31. The largest absolute Gasteiger partial charge is 0.346 e. The number of hydrogen-bond acceptors (Lipinski definition) is 4. The van der Waals surface area contributed by atoms with Crippen molar-refractivity contribution in [1.82, 2.24) is 14.8 Å². The van der Waals surface area contributed by atoms with Crippen molar-refractivity contribution >= 4 is 32.7 Å². The summed E-state index contributed by atoms with van der Waals surface area (Å²) in [5.74, 6) is 0. The molecule has 2 amide bonds. The van der Waals surface area contributed by atoms with Crippen molar-refractivity contribution in [1.29, 1.82) is 0 Å². The van der Waals surface area contributed by atoms with Crippen LogP contribution in [0.3, 0.4) is 0 Å². The van der Waals surface area contributed by atoms with Gasteiger partial charge >= 0.3 is 6.03 Å². The average Bonchev–Trinajstić information content (AvgIpc) is 2.96. The minimum atomic E-state index is 0.0665. The lowest BCUT2D eigenvalue weighted by Crippen LogP contribution is -2.51. The average molecular weight is 332 g/mol. The van der Waals surface area contributed by atoms with E-state index in [1.54, 1.807) is 30.3 Å². The Hall–Kier alpha value is -1.82. The maximum absolute atomic E-state index is 12.2. The molecule has 0 aliphatic carbocycles. The van der Waals surface area contributed by atoms with E-state index in [1.807, 2.05) is 11.9 Å². The summed E-state index contributed by atoms with van der Waals surface area (Å²) in [4.78, 5) is 22.8. The minimum absolute atomic E-state index is 0.0665. The van der Waals surface area contributed by atoms with Crippen molar-refractivity contribution in [3.63, 3.8) is 0 Å². The van der Waals surface area contributed by atoms with E-state index in [4.69, 9.17) is 4.98 Å². The molecular weight excluding hydrogens is 308 g/mol. The molecule has 1 aromatic heterocycles. The number of thiazole rings is 1. The minimum Gasteiger partial charge on any atom is -0.346 e. The van der Waals surface area contributed by atoms with Crippen molar-refractivity contribution in [2.24, 2.45) is 0 Å².